The molecule has 0 aromatic heterocycles. The zero-order valence-electron chi connectivity index (χ0n) is 16.4. The number of ether oxygens (including phenoxy) is 1. The van der Waals surface area contributed by atoms with Gasteiger partial charge in [0.2, 0.25) is 10.0 Å². The maximum absolute atomic E-state index is 12.9. The SMILES string of the molecule is COc1ccc(C(=O)NC2CCCc3ccccc32)cc1S(=O)(=O)NC(C)C. The Morgan fingerprint density at radius 3 is 2.64 bits per heavy atom. The summed E-state index contributed by atoms with van der Waals surface area (Å²) < 4.78 is 33.0. The van der Waals surface area contributed by atoms with Crippen LogP contribution < -0.4 is 14.8 Å². The Labute approximate surface area is 166 Å². The first-order chi connectivity index (χ1) is 13.3. The fraction of sp³-hybridized carbons (Fsp3) is 0.381. The zero-order chi connectivity index (χ0) is 20.3. The lowest BCUT2D eigenvalue weighted by Crippen LogP contribution is -2.32. The third-order valence-corrected chi connectivity index (χ3v) is 6.46. The molecule has 7 heteroatoms. The fourth-order valence-corrected chi connectivity index (χ4v) is 4.99. The van der Waals surface area contributed by atoms with Gasteiger partial charge < -0.3 is 10.1 Å². The molecule has 0 aliphatic heterocycles. The van der Waals surface area contributed by atoms with Gasteiger partial charge in [0.15, 0.2) is 0 Å². The molecule has 0 radical (unpaired) electrons. The molecule has 2 N–H and O–H groups in total. The van der Waals surface area contributed by atoms with Crippen LogP contribution in [0.2, 0.25) is 0 Å². The molecule has 1 atom stereocenters. The Morgan fingerprint density at radius 2 is 1.93 bits per heavy atom. The van der Waals surface area contributed by atoms with Crippen LogP contribution in [0.3, 0.4) is 0 Å². The number of amides is 1. The van der Waals surface area contributed by atoms with Crippen molar-refractivity contribution in [1.29, 1.82) is 0 Å². The van der Waals surface area contributed by atoms with Gasteiger partial charge in [-0.3, -0.25) is 4.79 Å². The normalized spacial score (nSPS) is 16.5. The summed E-state index contributed by atoms with van der Waals surface area (Å²) in [4.78, 5) is 12.8. The first-order valence-corrected chi connectivity index (χ1v) is 10.9. The van der Waals surface area contributed by atoms with Crippen LogP contribution in [0.5, 0.6) is 5.75 Å². The van der Waals surface area contributed by atoms with Gasteiger partial charge in [0, 0.05) is 11.6 Å². The summed E-state index contributed by atoms with van der Waals surface area (Å²) in [5.74, 6) is -0.0990. The molecule has 1 aliphatic carbocycles. The number of nitrogens with one attached hydrogen (secondary N) is 2. The van der Waals surface area contributed by atoms with Crippen molar-refractivity contribution in [2.24, 2.45) is 0 Å². The van der Waals surface area contributed by atoms with Gasteiger partial charge in [0.1, 0.15) is 10.6 Å². The third-order valence-electron chi connectivity index (χ3n) is 4.78. The number of aryl methyl sites for hydroxylation is 1. The van der Waals surface area contributed by atoms with Crippen LogP contribution in [-0.4, -0.2) is 27.5 Å². The molecule has 6 nitrogen and oxygen atoms in total. The summed E-state index contributed by atoms with van der Waals surface area (Å²) in [6, 6.07) is 12.2. The van der Waals surface area contributed by atoms with Gasteiger partial charge >= 0.3 is 0 Å². The first kappa shape index (κ1) is 20.4. The van der Waals surface area contributed by atoms with Gasteiger partial charge in [-0.1, -0.05) is 24.3 Å². The van der Waals surface area contributed by atoms with Gasteiger partial charge in [-0.05, 0) is 62.4 Å². The molecule has 3 rings (SSSR count). The fourth-order valence-electron chi connectivity index (χ4n) is 3.55. The van der Waals surface area contributed by atoms with Crippen molar-refractivity contribution in [2.45, 2.75) is 50.1 Å². The molecule has 0 heterocycles. The summed E-state index contributed by atoms with van der Waals surface area (Å²) >= 11 is 0. The van der Waals surface area contributed by atoms with Crippen LogP contribution in [0.4, 0.5) is 0 Å². The average molecular weight is 403 g/mol. The number of methoxy groups -OCH3 is 1. The third kappa shape index (κ3) is 4.36. The van der Waals surface area contributed by atoms with Crippen molar-refractivity contribution in [2.75, 3.05) is 7.11 Å². The Balaban J connectivity index is 1.88. The predicted octanol–water partition coefficient (Wildman–Crippen LogP) is 3.19. The number of benzene rings is 2. The minimum atomic E-state index is -3.80. The summed E-state index contributed by atoms with van der Waals surface area (Å²) in [6.45, 7) is 3.47. The molecule has 2 aromatic rings. The van der Waals surface area contributed by atoms with Crippen LogP contribution in [0.15, 0.2) is 47.4 Å². The molecule has 2 aromatic carbocycles. The minimum absolute atomic E-state index is 0.0413. The molecule has 0 spiro atoms. The van der Waals surface area contributed by atoms with E-state index in [9.17, 15) is 13.2 Å². The van der Waals surface area contributed by atoms with E-state index in [0.717, 1.165) is 24.8 Å². The van der Waals surface area contributed by atoms with Crippen molar-refractivity contribution in [1.82, 2.24) is 10.0 Å². The van der Waals surface area contributed by atoms with Crippen LogP contribution in [0, 0.1) is 0 Å². The van der Waals surface area contributed by atoms with E-state index in [1.54, 1.807) is 19.9 Å². The topological polar surface area (TPSA) is 84.5 Å². The van der Waals surface area contributed by atoms with E-state index >= 15 is 0 Å². The van der Waals surface area contributed by atoms with E-state index < -0.39 is 10.0 Å². The molecular formula is C21H26N2O4S. The number of hydrogen-bond acceptors (Lipinski definition) is 4. The minimum Gasteiger partial charge on any atom is -0.495 e. The smallest absolute Gasteiger partial charge is 0.251 e. The van der Waals surface area contributed by atoms with Gasteiger partial charge in [0.05, 0.1) is 13.2 Å². The molecule has 150 valence electrons. The van der Waals surface area contributed by atoms with Gasteiger partial charge in [-0.15, -0.1) is 0 Å². The Hall–Kier alpha value is -2.38. The van der Waals surface area contributed by atoms with E-state index in [2.05, 4.69) is 16.1 Å². The quantitative estimate of drug-likeness (QED) is 0.777. The predicted molar refractivity (Wildman–Crippen MR) is 108 cm³/mol. The van der Waals surface area contributed by atoms with Crippen molar-refractivity contribution < 1.29 is 17.9 Å². The van der Waals surface area contributed by atoms with Crippen molar-refractivity contribution in [3.05, 3.63) is 59.2 Å². The van der Waals surface area contributed by atoms with E-state index in [1.165, 1.54) is 24.8 Å². The molecular weight excluding hydrogens is 376 g/mol. The van der Waals surface area contributed by atoms with E-state index in [0.29, 0.717) is 0 Å². The highest BCUT2D eigenvalue weighted by Gasteiger charge is 2.25. The maximum atomic E-state index is 12.9. The largest absolute Gasteiger partial charge is 0.495 e. The second kappa shape index (κ2) is 8.32. The summed E-state index contributed by atoms with van der Waals surface area (Å²) in [5.41, 5.74) is 2.66. The lowest BCUT2D eigenvalue weighted by Gasteiger charge is -2.26. The number of rotatable bonds is 6. The number of carbonyl (C=O) groups is 1. The standard InChI is InChI=1S/C21H26N2O4S/c1-14(2)23-28(25,26)20-13-16(11-12-19(20)27-3)21(24)22-18-10-6-8-15-7-4-5-9-17(15)18/h4-5,7,9,11-14,18,23H,6,8,10H2,1-3H3,(H,22,24). The number of fused-ring (bicyclic) bond motifs is 1. The molecule has 1 aliphatic rings. The summed E-state index contributed by atoms with van der Waals surface area (Å²) in [6.07, 6.45) is 2.87. The Bertz CT molecular complexity index is 970. The van der Waals surface area contributed by atoms with Crippen LogP contribution >= 0.6 is 0 Å². The van der Waals surface area contributed by atoms with Crippen molar-refractivity contribution in [3.8, 4) is 5.75 Å². The second-order valence-corrected chi connectivity index (χ2v) is 8.94. The lowest BCUT2D eigenvalue weighted by molar-refractivity contribution is 0.0932. The van der Waals surface area contributed by atoms with E-state index in [4.69, 9.17) is 4.74 Å². The van der Waals surface area contributed by atoms with Crippen LogP contribution in [0.1, 0.15) is 54.2 Å². The molecule has 0 fully saturated rings. The van der Waals surface area contributed by atoms with Crippen molar-refractivity contribution in [3.63, 3.8) is 0 Å². The van der Waals surface area contributed by atoms with Gasteiger partial charge in [-0.25, -0.2) is 13.1 Å². The summed E-state index contributed by atoms with van der Waals surface area (Å²) in [5, 5.41) is 3.05. The van der Waals surface area contributed by atoms with Crippen molar-refractivity contribution >= 4 is 15.9 Å². The van der Waals surface area contributed by atoms with E-state index in [-0.39, 0.29) is 34.2 Å². The molecule has 0 saturated carbocycles. The zero-order valence-corrected chi connectivity index (χ0v) is 17.2. The highest BCUT2D eigenvalue weighted by Crippen LogP contribution is 2.30. The highest BCUT2D eigenvalue weighted by atomic mass is 32.2. The van der Waals surface area contributed by atoms with Crippen LogP contribution in [-0.2, 0) is 16.4 Å². The van der Waals surface area contributed by atoms with Gasteiger partial charge in [0.25, 0.3) is 5.91 Å². The highest BCUT2D eigenvalue weighted by molar-refractivity contribution is 7.89. The lowest BCUT2D eigenvalue weighted by atomic mass is 9.87. The molecule has 1 unspecified atom stereocenters. The molecule has 1 amide bonds. The van der Waals surface area contributed by atoms with Crippen LogP contribution in [0.25, 0.3) is 0 Å². The maximum Gasteiger partial charge on any atom is 0.251 e. The van der Waals surface area contributed by atoms with E-state index in [1.807, 2.05) is 18.2 Å². The second-order valence-electron chi connectivity index (χ2n) is 7.26. The molecule has 0 bridgehead atoms. The molecule has 28 heavy (non-hydrogen) atoms. The Kier molecular flexibility index (Phi) is 6.05. The number of hydrogen-bond donors (Lipinski definition) is 2. The summed E-state index contributed by atoms with van der Waals surface area (Å²) in [7, 11) is -2.39. The van der Waals surface area contributed by atoms with Gasteiger partial charge in [-0.2, -0.15) is 0 Å². The monoisotopic (exact) mass is 402 g/mol. The first-order valence-electron chi connectivity index (χ1n) is 9.41. The average Bonchev–Trinajstić information content (AvgIpc) is 2.66. The molecule has 0 saturated heterocycles. The Morgan fingerprint density at radius 1 is 1.18 bits per heavy atom. The number of sulfonamides is 1. The number of carbonyl (C=O) groups excluding carboxylic acids is 1.